The molecule has 0 bridgehead atoms. The van der Waals surface area contributed by atoms with Crippen molar-refractivity contribution in [1.29, 1.82) is 0 Å². The SMILES string of the molecule is CCCCCCCCCCCCCCCCCCCCCCCCCCCCCCCCCC(O)C(O)C(COC1OC(CO)C(O)C(O)C1O)NC(=O)C(O)CCCCCCCCCCCCCC. The molecule has 418 valence electrons. The van der Waals surface area contributed by atoms with Crippen LogP contribution in [0.15, 0.2) is 0 Å². The van der Waals surface area contributed by atoms with Crippen LogP contribution in [-0.2, 0) is 14.3 Å². The lowest BCUT2D eigenvalue weighted by Crippen LogP contribution is -2.60. The molecule has 0 radical (unpaired) electrons. The Morgan fingerprint density at radius 3 is 1.06 bits per heavy atom. The van der Waals surface area contributed by atoms with E-state index in [1.54, 1.807) is 0 Å². The number of unbranched alkanes of at least 4 members (excludes halogenated alkanes) is 41. The second kappa shape index (κ2) is 49.0. The fourth-order valence-corrected chi connectivity index (χ4v) is 10.2. The maximum absolute atomic E-state index is 13.1. The molecule has 0 aromatic carbocycles. The molecule has 0 aliphatic carbocycles. The molecule has 0 spiro atoms. The maximum Gasteiger partial charge on any atom is 0.249 e. The number of carbonyl (C=O) groups is 1. The zero-order chi connectivity index (χ0) is 51.1. The first kappa shape index (κ1) is 67.1. The summed E-state index contributed by atoms with van der Waals surface area (Å²) in [6.45, 7) is 3.48. The van der Waals surface area contributed by atoms with Crippen molar-refractivity contribution >= 4 is 5.91 Å². The van der Waals surface area contributed by atoms with E-state index in [2.05, 4.69) is 19.2 Å². The van der Waals surface area contributed by atoms with Gasteiger partial charge >= 0.3 is 0 Å². The molecule has 9 unspecified atom stereocenters. The average molecular weight is 1000 g/mol. The summed E-state index contributed by atoms with van der Waals surface area (Å²) in [5.74, 6) is -0.692. The van der Waals surface area contributed by atoms with Crippen molar-refractivity contribution in [2.45, 2.75) is 358 Å². The minimum Gasteiger partial charge on any atom is -0.394 e. The average Bonchev–Trinajstić information content (AvgIpc) is 3.36. The largest absolute Gasteiger partial charge is 0.394 e. The third kappa shape index (κ3) is 36.9. The Kier molecular flexibility index (Phi) is 47.0. The molecule has 11 heteroatoms. The smallest absolute Gasteiger partial charge is 0.249 e. The van der Waals surface area contributed by atoms with Gasteiger partial charge in [-0.05, 0) is 12.8 Å². The molecule has 9 atom stereocenters. The number of hydrogen-bond acceptors (Lipinski definition) is 10. The molecular formula is C59H117NO10. The summed E-state index contributed by atoms with van der Waals surface area (Å²) in [6.07, 6.45) is 44.7. The van der Waals surface area contributed by atoms with Crippen LogP contribution in [0.1, 0.15) is 303 Å². The van der Waals surface area contributed by atoms with E-state index < -0.39 is 74.2 Å². The van der Waals surface area contributed by atoms with Crippen LogP contribution in [-0.4, -0.2) is 110 Å². The Morgan fingerprint density at radius 1 is 0.443 bits per heavy atom. The van der Waals surface area contributed by atoms with Crippen LogP contribution < -0.4 is 5.32 Å². The van der Waals surface area contributed by atoms with Crippen LogP contribution in [0.3, 0.4) is 0 Å². The molecular weight excluding hydrogens is 883 g/mol. The normalized spacial score (nSPS) is 20.2. The Hall–Kier alpha value is -0.890. The van der Waals surface area contributed by atoms with E-state index in [0.717, 1.165) is 38.5 Å². The third-order valence-corrected chi connectivity index (χ3v) is 15.2. The highest BCUT2D eigenvalue weighted by molar-refractivity contribution is 5.80. The van der Waals surface area contributed by atoms with E-state index in [1.807, 2.05) is 0 Å². The van der Waals surface area contributed by atoms with Gasteiger partial charge in [0.25, 0.3) is 0 Å². The predicted octanol–water partition coefficient (Wildman–Crippen LogP) is 13.0. The number of amides is 1. The highest BCUT2D eigenvalue weighted by atomic mass is 16.7. The molecule has 0 saturated carbocycles. The Balaban J connectivity index is 2.18. The summed E-state index contributed by atoms with van der Waals surface area (Å²) in [4.78, 5) is 13.1. The van der Waals surface area contributed by atoms with Gasteiger partial charge in [-0.25, -0.2) is 0 Å². The molecule has 1 aliphatic heterocycles. The fraction of sp³-hybridized carbons (Fsp3) is 0.983. The van der Waals surface area contributed by atoms with Crippen molar-refractivity contribution in [3.05, 3.63) is 0 Å². The van der Waals surface area contributed by atoms with E-state index in [9.17, 15) is 40.5 Å². The number of nitrogens with one attached hydrogen (secondary N) is 1. The molecule has 1 aliphatic rings. The standard InChI is InChI=1S/C59H117NO10/c1-3-5-7-9-11-13-15-17-18-19-20-21-22-23-24-25-26-27-28-29-30-31-32-33-34-35-37-38-40-42-44-46-51(62)54(64)50(49-69-59-57(67)56(66)55(65)53(48-61)70-59)60-58(68)52(63)47-45-43-41-39-36-16-14-12-10-8-6-4-2/h50-57,59,61-67H,3-49H2,1-2H3,(H,60,68). The molecule has 1 heterocycles. The Bertz CT molecular complexity index is 1100. The molecule has 0 aromatic rings. The van der Waals surface area contributed by atoms with Crippen molar-refractivity contribution in [3.8, 4) is 0 Å². The van der Waals surface area contributed by atoms with Crippen LogP contribution in [0.2, 0.25) is 0 Å². The molecule has 1 saturated heterocycles. The van der Waals surface area contributed by atoms with E-state index >= 15 is 0 Å². The lowest BCUT2D eigenvalue weighted by molar-refractivity contribution is -0.303. The number of hydrogen-bond donors (Lipinski definition) is 8. The number of aliphatic hydroxyl groups is 7. The molecule has 8 N–H and O–H groups in total. The quantitative estimate of drug-likeness (QED) is 0.0272. The second-order valence-corrected chi connectivity index (χ2v) is 21.8. The van der Waals surface area contributed by atoms with Gasteiger partial charge in [-0.2, -0.15) is 0 Å². The van der Waals surface area contributed by atoms with Gasteiger partial charge in [0.15, 0.2) is 6.29 Å². The van der Waals surface area contributed by atoms with Crippen molar-refractivity contribution < 1.29 is 50.0 Å². The summed E-state index contributed by atoms with van der Waals surface area (Å²) in [5, 5.41) is 76.1. The zero-order valence-corrected chi connectivity index (χ0v) is 45.8. The maximum atomic E-state index is 13.1. The summed E-state index contributed by atoms with van der Waals surface area (Å²) < 4.78 is 11.1. The summed E-state index contributed by atoms with van der Waals surface area (Å²) in [7, 11) is 0. The lowest BCUT2D eigenvalue weighted by Gasteiger charge is -2.40. The van der Waals surface area contributed by atoms with Gasteiger partial charge in [-0.1, -0.05) is 290 Å². The summed E-state index contributed by atoms with van der Waals surface area (Å²) >= 11 is 0. The van der Waals surface area contributed by atoms with Crippen LogP contribution in [0.4, 0.5) is 0 Å². The second-order valence-electron chi connectivity index (χ2n) is 21.8. The first-order valence-corrected chi connectivity index (χ1v) is 30.4. The first-order chi connectivity index (χ1) is 34.2. The number of aliphatic hydroxyl groups excluding tert-OH is 7. The number of rotatable bonds is 53. The Morgan fingerprint density at radius 2 is 0.743 bits per heavy atom. The van der Waals surface area contributed by atoms with Gasteiger partial charge < -0.3 is 50.5 Å². The molecule has 0 aromatic heterocycles. The van der Waals surface area contributed by atoms with Crippen molar-refractivity contribution in [3.63, 3.8) is 0 Å². The third-order valence-electron chi connectivity index (χ3n) is 15.2. The van der Waals surface area contributed by atoms with Gasteiger partial charge in [0.1, 0.15) is 36.6 Å². The van der Waals surface area contributed by atoms with Crippen molar-refractivity contribution in [2.75, 3.05) is 13.2 Å². The lowest BCUT2D eigenvalue weighted by atomic mass is 9.98. The highest BCUT2D eigenvalue weighted by Gasteiger charge is 2.44. The predicted molar refractivity (Wildman–Crippen MR) is 289 cm³/mol. The van der Waals surface area contributed by atoms with Gasteiger partial charge in [-0.3, -0.25) is 4.79 Å². The monoisotopic (exact) mass is 1000 g/mol. The van der Waals surface area contributed by atoms with Gasteiger partial charge in [-0.15, -0.1) is 0 Å². The van der Waals surface area contributed by atoms with Crippen LogP contribution >= 0.6 is 0 Å². The molecule has 1 rings (SSSR count). The number of ether oxygens (including phenoxy) is 2. The van der Waals surface area contributed by atoms with Gasteiger partial charge in [0.2, 0.25) is 5.91 Å². The minimum absolute atomic E-state index is 0.266. The summed E-state index contributed by atoms with van der Waals surface area (Å²) in [6, 6.07) is -1.16. The zero-order valence-electron chi connectivity index (χ0n) is 45.8. The molecule has 1 fully saturated rings. The van der Waals surface area contributed by atoms with Crippen molar-refractivity contribution in [2.24, 2.45) is 0 Å². The topological polar surface area (TPSA) is 189 Å². The molecule has 1 amide bonds. The van der Waals surface area contributed by atoms with Crippen LogP contribution in [0.25, 0.3) is 0 Å². The summed E-state index contributed by atoms with van der Waals surface area (Å²) in [5.41, 5.74) is 0. The first-order valence-electron chi connectivity index (χ1n) is 30.4. The number of carbonyl (C=O) groups excluding carboxylic acids is 1. The van der Waals surface area contributed by atoms with E-state index in [0.29, 0.717) is 19.3 Å². The van der Waals surface area contributed by atoms with E-state index in [4.69, 9.17) is 9.47 Å². The fourth-order valence-electron chi connectivity index (χ4n) is 10.2. The molecule has 70 heavy (non-hydrogen) atoms. The highest BCUT2D eigenvalue weighted by Crippen LogP contribution is 2.24. The molecule has 11 nitrogen and oxygen atoms in total. The van der Waals surface area contributed by atoms with Gasteiger partial charge in [0.05, 0.1) is 25.4 Å². The minimum atomic E-state index is -1.66. The Labute approximate surface area is 430 Å². The van der Waals surface area contributed by atoms with Crippen LogP contribution in [0, 0.1) is 0 Å². The van der Waals surface area contributed by atoms with Gasteiger partial charge in [0, 0.05) is 0 Å². The van der Waals surface area contributed by atoms with E-state index in [1.165, 1.54) is 225 Å². The van der Waals surface area contributed by atoms with E-state index in [-0.39, 0.29) is 6.42 Å². The van der Waals surface area contributed by atoms with Crippen molar-refractivity contribution in [1.82, 2.24) is 5.32 Å². The van der Waals surface area contributed by atoms with Crippen LogP contribution in [0.5, 0.6) is 0 Å².